The second-order valence-electron chi connectivity index (χ2n) is 5.10. The summed E-state index contributed by atoms with van der Waals surface area (Å²) in [4.78, 5) is 32.5. The van der Waals surface area contributed by atoms with Gasteiger partial charge in [0.2, 0.25) is 5.78 Å². The first-order valence-electron chi connectivity index (χ1n) is 6.82. The number of nitrogens with zero attached hydrogens (tertiary/aromatic N) is 1. The van der Waals surface area contributed by atoms with Crippen molar-refractivity contribution in [3.63, 3.8) is 0 Å². The first kappa shape index (κ1) is 14.4. The fourth-order valence-corrected chi connectivity index (χ4v) is 2.98. The zero-order valence-corrected chi connectivity index (χ0v) is 13.0. The monoisotopic (exact) mass is 310 g/mol. The van der Waals surface area contributed by atoms with Crippen LogP contribution >= 0.6 is 11.3 Å². The fraction of sp³-hybridized carbons (Fsp3) is 0.118. The molecule has 110 valence electrons. The smallest absolute Gasteiger partial charge is 0.260 e. The number of carbonyl (C=O) groups excluding carboxylic acids is 1. The summed E-state index contributed by atoms with van der Waals surface area (Å²) in [6.07, 6.45) is 3.14. The number of benzene rings is 1. The Morgan fingerprint density at radius 2 is 1.95 bits per heavy atom. The van der Waals surface area contributed by atoms with Crippen molar-refractivity contribution >= 4 is 33.4 Å². The topological polar surface area (TPSA) is 62.8 Å². The molecule has 1 aromatic carbocycles. The van der Waals surface area contributed by atoms with E-state index in [0.717, 1.165) is 16.0 Å². The van der Waals surface area contributed by atoms with Crippen molar-refractivity contribution in [1.82, 2.24) is 9.97 Å². The Kier molecular flexibility index (Phi) is 3.73. The number of H-pyrrole nitrogens is 1. The number of aromatic amines is 1. The Hall–Kier alpha value is -2.53. The molecule has 0 spiro atoms. The Labute approximate surface area is 131 Å². The van der Waals surface area contributed by atoms with Gasteiger partial charge in [-0.15, -0.1) is 11.3 Å². The van der Waals surface area contributed by atoms with Gasteiger partial charge in [0.15, 0.2) is 5.82 Å². The Morgan fingerprint density at radius 1 is 1.23 bits per heavy atom. The minimum absolute atomic E-state index is 0.0720. The minimum atomic E-state index is -0.314. The molecule has 5 heteroatoms. The van der Waals surface area contributed by atoms with E-state index in [1.807, 2.05) is 38.1 Å². The van der Waals surface area contributed by atoms with Crippen LogP contribution in [-0.4, -0.2) is 15.8 Å². The summed E-state index contributed by atoms with van der Waals surface area (Å²) in [6.45, 7) is 3.91. The Balaban J connectivity index is 1.91. The molecule has 2 aromatic heterocycles. The highest BCUT2D eigenvalue weighted by Gasteiger charge is 2.10. The first-order chi connectivity index (χ1) is 10.5. The molecule has 0 saturated carbocycles. The lowest BCUT2D eigenvalue weighted by Crippen LogP contribution is -2.13. The van der Waals surface area contributed by atoms with E-state index >= 15 is 0 Å². The number of hydrogen-bond acceptors (Lipinski definition) is 4. The standard InChI is InChI=1S/C17H14N2O2S/c1-10-3-5-12(6-4-10)7-8-14(20)15-18-16(21)13-9-11(2)22-17(13)19-15/h3-9H,1-2H3,(H,18,19,21)/b8-7+. The number of hydrogen-bond donors (Lipinski definition) is 1. The molecule has 0 bridgehead atoms. The lowest BCUT2D eigenvalue weighted by molar-refractivity contribution is 0.103. The summed E-state index contributed by atoms with van der Waals surface area (Å²) < 4.78 is 0. The normalized spacial score (nSPS) is 11.4. The van der Waals surface area contributed by atoms with E-state index < -0.39 is 0 Å². The maximum absolute atomic E-state index is 12.2. The molecule has 0 aliphatic heterocycles. The predicted molar refractivity (Wildman–Crippen MR) is 89.5 cm³/mol. The highest BCUT2D eigenvalue weighted by Crippen LogP contribution is 2.19. The third-order valence-electron chi connectivity index (χ3n) is 3.26. The Morgan fingerprint density at radius 3 is 2.68 bits per heavy atom. The average molecular weight is 310 g/mol. The number of rotatable bonds is 3. The SMILES string of the molecule is Cc1ccc(/C=C/C(=O)c2nc3sc(C)cc3c(=O)[nH]2)cc1. The molecule has 3 rings (SSSR count). The van der Waals surface area contributed by atoms with Crippen LogP contribution in [-0.2, 0) is 0 Å². The maximum atomic E-state index is 12.2. The van der Waals surface area contributed by atoms with E-state index in [1.165, 1.54) is 17.4 Å². The summed E-state index contributed by atoms with van der Waals surface area (Å²) >= 11 is 1.41. The van der Waals surface area contributed by atoms with Crippen LogP contribution in [0, 0.1) is 13.8 Å². The van der Waals surface area contributed by atoms with Gasteiger partial charge in [-0.3, -0.25) is 9.59 Å². The van der Waals surface area contributed by atoms with Crippen molar-refractivity contribution in [3.05, 3.63) is 68.6 Å². The molecule has 1 N–H and O–H groups in total. The van der Waals surface area contributed by atoms with Crippen LogP contribution in [0.1, 0.15) is 26.6 Å². The third-order valence-corrected chi connectivity index (χ3v) is 4.21. The number of thiophene rings is 1. The lowest BCUT2D eigenvalue weighted by Gasteiger charge is -1.97. The first-order valence-corrected chi connectivity index (χ1v) is 7.64. The van der Waals surface area contributed by atoms with Gasteiger partial charge < -0.3 is 4.98 Å². The van der Waals surface area contributed by atoms with E-state index in [1.54, 1.807) is 12.1 Å². The lowest BCUT2D eigenvalue weighted by atomic mass is 10.1. The van der Waals surface area contributed by atoms with Gasteiger partial charge in [-0.1, -0.05) is 35.9 Å². The molecule has 0 aliphatic carbocycles. The summed E-state index contributed by atoms with van der Waals surface area (Å²) in [5, 5.41) is 0.529. The summed E-state index contributed by atoms with van der Waals surface area (Å²) in [5.41, 5.74) is 1.81. The highest BCUT2D eigenvalue weighted by atomic mass is 32.1. The minimum Gasteiger partial charge on any atom is -0.303 e. The average Bonchev–Trinajstić information content (AvgIpc) is 2.87. The molecule has 0 atom stereocenters. The van der Waals surface area contributed by atoms with E-state index in [-0.39, 0.29) is 17.2 Å². The van der Waals surface area contributed by atoms with Crippen LogP contribution < -0.4 is 5.56 Å². The maximum Gasteiger partial charge on any atom is 0.260 e. The third kappa shape index (κ3) is 2.89. The van der Waals surface area contributed by atoms with Crippen LogP contribution in [0.3, 0.4) is 0 Å². The van der Waals surface area contributed by atoms with Gasteiger partial charge in [0, 0.05) is 4.88 Å². The number of ketones is 1. The van der Waals surface area contributed by atoms with Crippen molar-refractivity contribution in [2.24, 2.45) is 0 Å². The van der Waals surface area contributed by atoms with Gasteiger partial charge in [-0.2, -0.15) is 0 Å². The second kappa shape index (κ2) is 5.69. The number of fused-ring (bicyclic) bond motifs is 1. The molecule has 0 unspecified atom stereocenters. The van der Waals surface area contributed by atoms with Crippen LogP contribution in [0.15, 0.2) is 41.2 Å². The molecule has 2 heterocycles. The second-order valence-corrected chi connectivity index (χ2v) is 6.33. The van der Waals surface area contributed by atoms with E-state index in [9.17, 15) is 9.59 Å². The number of aryl methyl sites for hydroxylation is 2. The van der Waals surface area contributed by atoms with Crippen molar-refractivity contribution < 1.29 is 4.79 Å². The van der Waals surface area contributed by atoms with Gasteiger partial charge in [0.25, 0.3) is 5.56 Å². The molecular weight excluding hydrogens is 296 g/mol. The van der Waals surface area contributed by atoms with Gasteiger partial charge in [-0.05, 0) is 31.6 Å². The molecule has 0 aliphatic rings. The molecule has 0 amide bonds. The summed E-state index contributed by atoms with van der Waals surface area (Å²) in [7, 11) is 0. The molecule has 0 fully saturated rings. The van der Waals surface area contributed by atoms with Crippen molar-refractivity contribution in [1.29, 1.82) is 0 Å². The largest absolute Gasteiger partial charge is 0.303 e. The molecule has 0 saturated heterocycles. The fourth-order valence-electron chi connectivity index (χ4n) is 2.10. The summed E-state index contributed by atoms with van der Waals surface area (Å²) in [5.74, 6) is -0.242. The van der Waals surface area contributed by atoms with Crippen LogP contribution in [0.5, 0.6) is 0 Å². The van der Waals surface area contributed by atoms with E-state index in [4.69, 9.17) is 0 Å². The van der Waals surface area contributed by atoms with E-state index in [0.29, 0.717) is 10.2 Å². The number of aromatic nitrogens is 2. The molecule has 3 aromatic rings. The van der Waals surface area contributed by atoms with Gasteiger partial charge >= 0.3 is 0 Å². The number of carbonyl (C=O) groups is 1. The quantitative estimate of drug-likeness (QED) is 0.595. The summed E-state index contributed by atoms with van der Waals surface area (Å²) in [6, 6.07) is 9.60. The molecule has 4 nitrogen and oxygen atoms in total. The zero-order valence-electron chi connectivity index (χ0n) is 12.2. The van der Waals surface area contributed by atoms with Crippen molar-refractivity contribution in [2.75, 3.05) is 0 Å². The van der Waals surface area contributed by atoms with E-state index in [2.05, 4.69) is 9.97 Å². The molecule has 0 radical (unpaired) electrons. The number of allylic oxidation sites excluding steroid dienone is 1. The van der Waals surface area contributed by atoms with Gasteiger partial charge in [-0.25, -0.2) is 4.98 Å². The predicted octanol–water partition coefficient (Wildman–Crippen LogP) is 3.50. The van der Waals surface area contributed by atoms with Crippen LogP contribution in [0.2, 0.25) is 0 Å². The highest BCUT2D eigenvalue weighted by molar-refractivity contribution is 7.18. The van der Waals surface area contributed by atoms with Crippen LogP contribution in [0.25, 0.3) is 16.3 Å². The Bertz CT molecular complexity index is 933. The van der Waals surface area contributed by atoms with Crippen molar-refractivity contribution in [2.45, 2.75) is 13.8 Å². The zero-order chi connectivity index (χ0) is 15.7. The number of nitrogens with one attached hydrogen (secondary N) is 1. The van der Waals surface area contributed by atoms with Crippen LogP contribution in [0.4, 0.5) is 0 Å². The van der Waals surface area contributed by atoms with Gasteiger partial charge in [0.05, 0.1) is 5.39 Å². The van der Waals surface area contributed by atoms with Crippen molar-refractivity contribution in [3.8, 4) is 0 Å². The molecule has 22 heavy (non-hydrogen) atoms. The van der Waals surface area contributed by atoms with Gasteiger partial charge in [0.1, 0.15) is 4.83 Å². The molecular formula is C17H14N2O2S.